The van der Waals surface area contributed by atoms with Crippen molar-refractivity contribution in [3.63, 3.8) is 0 Å². The van der Waals surface area contributed by atoms with Crippen molar-refractivity contribution >= 4 is 32.7 Å². The van der Waals surface area contributed by atoms with Gasteiger partial charge < -0.3 is 9.73 Å². The van der Waals surface area contributed by atoms with Crippen LogP contribution in [0.3, 0.4) is 0 Å². The maximum atomic E-state index is 13.7. The van der Waals surface area contributed by atoms with E-state index in [4.69, 9.17) is 4.42 Å². The number of nitrogens with one attached hydrogen (secondary N) is 1. The predicted molar refractivity (Wildman–Crippen MR) is 113 cm³/mol. The van der Waals surface area contributed by atoms with Crippen molar-refractivity contribution in [2.24, 2.45) is 0 Å². The van der Waals surface area contributed by atoms with Crippen LogP contribution in [0.25, 0.3) is 11.1 Å². The number of halogens is 2. The smallest absolute Gasteiger partial charge is 0.408 e. The Kier molecular flexibility index (Phi) is 6.11. The first-order valence-electron chi connectivity index (χ1n) is 10.1. The second-order valence-corrected chi connectivity index (χ2v) is 9.51. The monoisotopic (exact) mass is 465 g/mol. The molecular formula is C21H21F2N3O5S. The van der Waals surface area contributed by atoms with E-state index in [2.05, 4.69) is 5.32 Å². The third-order valence-corrected chi connectivity index (χ3v) is 7.24. The molecule has 32 heavy (non-hydrogen) atoms. The van der Waals surface area contributed by atoms with E-state index >= 15 is 0 Å². The van der Waals surface area contributed by atoms with Crippen molar-refractivity contribution in [1.29, 1.82) is 0 Å². The van der Waals surface area contributed by atoms with E-state index in [1.807, 2.05) is 0 Å². The number of carbonyl (C=O) groups is 1. The molecule has 0 spiro atoms. The SMILES string of the molecule is O=C(Cn1c(=O)oc2cc(S(=O)(=O)N3CCCCCC3)ccc21)Nc1cc(F)ccc1F. The lowest BCUT2D eigenvalue weighted by Crippen LogP contribution is -2.31. The Labute approximate surface area is 182 Å². The first-order chi connectivity index (χ1) is 15.3. The number of nitrogens with zero attached hydrogens (tertiary/aromatic N) is 2. The average molecular weight is 465 g/mol. The molecular weight excluding hydrogens is 444 g/mol. The summed E-state index contributed by atoms with van der Waals surface area (Å²) in [5.41, 5.74) is -0.142. The third-order valence-electron chi connectivity index (χ3n) is 5.35. The van der Waals surface area contributed by atoms with Gasteiger partial charge in [0.15, 0.2) is 5.58 Å². The number of amides is 1. The highest BCUT2D eigenvalue weighted by Crippen LogP contribution is 2.24. The van der Waals surface area contributed by atoms with E-state index in [0.29, 0.717) is 13.1 Å². The van der Waals surface area contributed by atoms with Crippen molar-refractivity contribution in [3.8, 4) is 0 Å². The van der Waals surface area contributed by atoms with Crippen LogP contribution in [-0.4, -0.2) is 36.3 Å². The molecule has 1 aromatic heterocycles. The summed E-state index contributed by atoms with van der Waals surface area (Å²) in [6, 6.07) is 6.62. The predicted octanol–water partition coefficient (Wildman–Crippen LogP) is 3.08. The van der Waals surface area contributed by atoms with E-state index in [0.717, 1.165) is 48.4 Å². The quantitative estimate of drug-likeness (QED) is 0.624. The molecule has 2 heterocycles. The largest absolute Gasteiger partial charge is 0.420 e. The van der Waals surface area contributed by atoms with Gasteiger partial charge in [0.05, 0.1) is 16.1 Å². The van der Waals surface area contributed by atoms with Gasteiger partial charge in [-0.2, -0.15) is 4.31 Å². The summed E-state index contributed by atoms with van der Waals surface area (Å²) in [5.74, 6) is -3.21. The maximum absolute atomic E-state index is 13.7. The number of rotatable bonds is 5. The standard InChI is InChI=1S/C21H21F2N3O5S/c22-14-5-7-16(23)17(11-14)24-20(27)13-26-18-8-6-15(12-19(18)31-21(26)28)32(29,30)25-9-3-1-2-4-10-25/h5-8,11-12H,1-4,9-10,13H2,(H,24,27). The van der Waals surface area contributed by atoms with E-state index in [1.165, 1.54) is 22.5 Å². The molecule has 1 N–H and O–H groups in total. The second kappa shape index (κ2) is 8.83. The fourth-order valence-electron chi connectivity index (χ4n) is 3.71. The van der Waals surface area contributed by atoms with Crippen LogP contribution in [0.4, 0.5) is 14.5 Å². The Hall–Kier alpha value is -3.05. The molecule has 0 saturated carbocycles. The number of anilines is 1. The molecule has 170 valence electrons. The molecule has 8 nitrogen and oxygen atoms in total. The highest BCUT2D eigenvalue weighted by Gasteiger charge is 2.26. The van der Waals surface area contributed by atoms with Crippen LogP contribution in [-0.2, 0) is 21.4 Å². The van der Waals surface area contributed by atoms with E-state index < -0.39 is 39.9 Å². The van der Waals surface area contributed by atoms with Gasteiger partial charge in [0.25, 0.3) is 0 Å². The molecule has 2 aromatic carbocycles. The Morgan fingerprint density at radius 2 is 1.75 bits per heavy atom. The third kappa shape index (κ3) is 4.44. The Morgan fingerprint density at radius 1 is 1.03 bits per heavy atom. The average Bonchev–Trinajstić information content (AvgIpc) is 2.92. The van der Waals surface area contributed by atoms with E-state index in [1.54, 1.807) is 0 Å². The lowest BCUT2D eigenvalue weighted by atomic mass is 10.2. The molecule has 1 aliphatic heterocycles. The second-order valence-electron chi connectivity index (χ2n) is 7.57. The maximum Gasteiger partial charge on any atom is 0.420 e. The zero-order chi connectivity index (χ0) is 22.9. The molecule has 11 heteroatoms. The van der Waals surface area contributed by atoms with Crippen LogP contribution in [0, 0.1) is 11.6 Å². The summed E-state index contributed by atoms with van der Waals surface area (Å²) in [7, 11) is -3.75. The van der Waals surface area contributed by atoms with Gasteiger partial charge in [0.1, 0.15) is 18.2 Å². The Balaban J connectivity index is 1.59. The number of benzene rings is 2. The summed E-state index contributed by atoms with van der Waals surface area (Å²) in [6.45, 7) is 0.338. The normalized spacial score (nSPS) is 15.6. The molecule has 1 saturated heterocycles. The number of carbonyl (C=O) groups excluding carboxylic acids is 1. The Morgan fingerprint density at radius 3 is 2.47 bits per heavy atom. The number of oxazole rings is 1. The van der Waals surface area contributed by atoms with Crippen LogP contribution in [0.1, 0.15) is 25.7 Å². The molecule has 0 bridgehead atoms. The van der Waals surface area contributed by atoms with Gasteiger partial charge in [0, 0.05) is 25.2 Å². The Bertz CT molecular complexity index is 1320. The van der Waals surface area contributed by atoms with Gasteiger partial charge in [-0.1, -0.05) is 12.8 Å². The van der Waals surface area contributed by atoms with Gasteiger partial charge in [-0.3, -0.25) is 9.36 Å². The first kappa shape index (κ1) is 22.2. The zero-order valence-electron chi connectivity index (χ0n) is 17.0. The van der Waals surface area contributed by atoms with Crippen molar-refractivity contribution in [3.05, 3.63) is 58.6 Å². The van der Waals surface area contributed by atoms with Gasteiger partial charge in [0.2, 0.25) is 15.9 Å². The van der Waals surface area contributed by atoms with Gasteiger partial charge in [-0.25, -0.2) is 22.0 Å². The van der Waals surface area contributed by atoms with E-state index in [9.17, 15) is 26.8 Å². The highest BCUT2D eigenvalue weighted by molar-refractivity contribution is 7.89. The molecule has 0 radical (unpaired) electrons. The minimum atomic E-state index is -3.75. The fourth-order valence-corrected chi connectivity index (χ4v) is 5.25. The minimum Gasteiger partial charge on any atom is -0.408 e. The molecule has 4 rings (SSSR count). The number of hydrogen-bond donors (Lipinski definition) is 1. The van der Waals surface area contributed by atoms with Crippen molar-refractivity contribution < 1.29 is 26.4 Å². The molecule has 1 amide bonds. The van der Waals surface area contributed by atoms with Gasteiger partial charge >= 0.3 is 5.76 Å². The summed E-state index contributed by atoms with van der Waals surface area (Å²) >= 11 is 0. The number of fused-ring (bicyclic) bond motifs is 1. The summed E-state index contributed by atoms with van der Waals surface area (Å²) in [5, 5.41) is 2.21. The molecule has 1 fully saturated rings. The molecule has 0 unspecified atom stereocenters. The van der Waals surface area contributed by atoms with Crippen LogP contribution < -0.4 is 11.1 Å². The van der Waals surface area contributed by atoms with Gasteiger partial charge in [-0.05, 0) is 37.1 Å². The van der Waals surface area contributed by atoms with Crippen molar-refractivity contribution in [2.45, 2.75) is 37.1 Å². The van der Waals surface area contributed by atoms with Crippen LogP contribution in [0.15, 0.2) is 50.5 Å². The summed E-state index contributed by atoms with van der Waals surface area (Å²) in [4.78, 5) is 24.6. The summed E-state index contributed by atoms with van der Waals surface area (Å²) in [6.07, 6.45) is 3.52. The van der Waals surface area contributed by atoms with Gasteiger partial charge in [-0.15, -0.1) is 0 Å². The molecule has 0 atom stereocenters. The number of aromatic nitrogens is 1. The molecule has 3 aromatic rings. The number of hydrogen-bond acceptors (Lipinski definition) is 5. The van der Waals surface area contributed by atoms with Crippen LogP contribution in [0.2, 0.25) is 0 Å². The van der Waals surface area contributed by atoms with E-state index in [-0.39, 0.29) is 21.7 Å². The number of sulfonamides is 1. The fraction of sp³-hybridized carbons (Fsp3) is 0.333. The lowest BCUT2D eigenvalue weighted by molar-refractivity contribution is -0.116. The highest BCUT2D eigenvalue weighted by atomic mass is 32.2. The zero-order valence-corrected chi connectivity index (χ0v) is 17.8. The van der Waals surface area contributed by atoms with Crippen molar-refractivity contribution in [1.82, 2.24) is 8.87 Å². The first-order valence-corrected chi connectivity index (χ1v) is 11.6. The topological polar surface area (TPSA) is 102 Å². The van der Waals surface area contributed by atoms with Crippen LogP contribution >= 0.6 is 0 Å². The molecule has 1 aliphatic rings. The lowest BCUT2D eigenvalue weighted by Gasteiger charge is -2.19. The minimum absolute atomic E-state index is 0.000849. The van der Waals surface area contributed by atoms with Crippen molar-refractivity contribution in [2.75, 3.05) is 18.4 Å². The molecule has 0 aliphatic carbocycles. The van der Waals surface area contributed by atoms with Crippen LogP contribution in [0.5, 0.6) is 0 Å². The summed E-state index contributed by atoms with van der Waals surface area (Å²) < 4.78 is 60.6.